The van der Waals surface area contributed by atoms with E-state index >= 15 is 0 Å². The maximum Gasteiger partial charge on any atom is 0.231 e. The van der Waals surface area contributed by atoms with E-state index in [1.165, 1.54) is 0 Å². The van der Waals surface area contributed by atoms with Gasteiger partial charge in [0.05, 0.1) is 12.8 Å². The van der Waals surface area contributed by atoms with Crippen LogP contribution in [0.3, 0.4) is 0 Å². The van der Waals surface area contributed by atoms with Crippen LogP contribution in [0.5, 0.6) is 17.2 Å². The first-order chi connectivity index (χ1) is 9.78. The quantitative estimate of drug-likeness (QED) is 0.926. The van der Waals surface area contributed by atoms with Crippen LogP contribution in [0.4, 0.5) is 0 Å². The molecule has 0 saturated heterocycles. The minimum atomic E-state index is -0.780. The van der Waals surface area contributed by atoms with Crippen molar-refractivity contribution in [2.75, 3.05) is 13.4 Å². The fourth-order valence-electron chi connectivity index (χ4n) is 2.11. The molecule has 1 atom stereocenters. The Morgan fingerprint density at radius 3 is 2.90 bits per heavy atom. The van der Waals surface area contributed by atoms with Crippen molar-refractivity contribution in [2.24, 2.45) is 0 Å². The van der Waals surface area contributed by atoms with Crippen LogP contribution < -0.4 is 14.2 Å². The molecule has 0 spiro atoms. The Kier molecular flexibility index (Phi) is 3.43. The number of hydrogen-bond donors (Lipinski definition) is 1. The highest BCUT2D eigenvalue weighted by Gasteiger charge is 2.18. The molecule has 1 unspecified atom stereocenters. The van der Waals surface area contributed by atoms with Gasteiger partial charge in [0.1, 0.15) is 11.9 Å². The highest BCUT2D eigenvalue weighted by atomic mass is 16.7. The molecule has 1 aromatic carbocycles. The molecule has 1 aromatic heterocycles. The first-order valence-electron chi connectivity index (χ1n) is 6.43. The van der Waals surface area contributed by atoms with Gasteiger partial charge in [-0.25, -0.2) is 0 Å². The number of aliphatic hydroxyl groups is 1. The van der Waals surface area contributed by atoms with E-state index in [2.05, 4.69) is 4.98 Å². The molecule has 0 bridgehead atoms. The molecule has 2 heterocycles. The topological polar surface area (TPSA) is 60.8 Å². The van der Waals surface area contributed by atoms with Gasteiger partial charge < -0.3 is 19.3 Å². The van der Waals surface area contributed by atoms with E-state index in [0.717, 1.165) is 5.56 Å². The number of pyridine rings is 1. The molecule has 20 heavy (non-hydrogen) atoms. The largest absolute Gasteiger partial charge is 0.492 e. The van der Waals surface area contributed by atoms with Crippen LogP contribution in [0.15, 0.2) is 36.7 Å². The number of aliphatic hydroxyl groups excluding tert-OH is 1. The second-order valence-electron chi connectivity index (χ2n) is 4.40. The van der Waals surface area contributed by atoms with Gasteiger partial charge in [-0.3, -0.25) is 4.98 Å². The summed E-state index contributed by atoms with van der Waals surface area (Å²) in [5.41, 5.74) is 1.40. The lowest BCUT2D eigenvalue weighted by molar-refractivity contribution is 0.173. The van der Waals surface area contributed by atoms with Crippen LogP contribution in [0.25, 0.3) is 0 Å². The minimum Gasteiger partial charge on any atom is -0.492 e. The van der Waals surface area contributed by atoms with Gasteiger partial charge in [0.15, 0.2) is 11.5 Å². The SMILES string of the molecule is CCOc1cncc(C(O)c2ccc3c(c2)OCO3)c1. The first-order valence-corrected chi connectivity index (χ1v) is 6.43. The molecule has 5 nitrogen and oxygen atoms in total. The first kappa shape index (κ1) is 12.7. The fraction of sp³-hybridized carbons (Fsp3) is 0.267. The molecule has 0 amide bonds. The normalized spacial score (nSPS) is 14.1. The van der Waals surface area contributed by atoms with E-state index in [1.54, 1.807) is 30.6 Å². The van der Waals surface area contributed by atoms with Crippen molar-refractivity contribution in [2.45, 2.75) is 13.0 Å². The summed E-state index contributed by atoms with van der Waals surface area (Å²) in [6.45, 7) is 2.68. The maximum absolute atomic E-state index is 10.4. The number of fused-ring (bicyclic) bond motifs is 1. The third-order valence-electron chi connectivity index (χ3n) is 3.07. The molecule has 5 heteroatoms. The maximum atomic E-state index is 10.4. The summed E-state index contributed by atoms with van der Waals surface area (Å²) < 4.78 is 16.0. The van der Waals surface area contributed by atoms with E-state index in [1.807, 2.05) is 13.0 Å². The van der Waals surface area contributed by atoms with Crippen molar-refractivity contribution in [3.05, 3.63) is 47.8 Å². The summed E-state index contributed by atoms with van der Waals surface area (Å²) in [5.74, 6) is 1.99. The summed E-state index contributed by atoms with van der Waals surface area (Å²) in [5, 5.41) is 10.4. The smallest absolute Gasteiger partial charge is 0.231 e. The lowest BCUT2D eigenvalue weighted by Gasteiger charge is -2.13. The molecule has 1 aliphatic heterocycles. The molecule has 0 fully saturated rings. The van der Waals surface area contributed by atoms with Crippen LogP contribution >= 0.6 is 0 Å². The molecule has 104 valence electrons. The molecule has 0 aliphatic carbocycles. The molecule has 0 radical (unpaired) electrons. The van der Waals surface area contributed by atoms with Crippen molar-refractivity contribution in [1.29, 1.82) is 0 Å². The van der Waals surface area contributed by atoms with Gasteiger partial charge in [-0.1, -0.05) is 6.07 Å². The molecular weight excluding hydrogens is 258 g/mol. The monoisotopic (exact) mass is 273 g/mol. The summed E-state index contributed by atoms with van der Waals surface area (Å²) in [7, 11) is 0. The second-order valence-corrected chi connectivity index (χ2v) is 4.40. The van der Waals surface area contributed by atoms with Gasteiger partial charge in [-0.15, -0.1) is 0 Å². The van der Waals surface area contributed by atoms with E-state index in [4.69, 9.17) is 14.2 Å². The Balaban J connectivity index is 1.88. The van der Waals surface area contributed by atoms with Crippen LogP contribution in [0, 0.1) is 0 Å². The molecular formula is C15H15NO4. The predicted octanol–water partition coefficient (Wildman–Crippen LogP) is 2.29. The number of hydrogen-bond acceptors (Lipinski definition) is 5. The van der Waals surface area contributed by atoms with Crippen molar-refractivity contribution < 1.29 is 19.3 Å². The van der Waals surface area contributed by atoms with E-state index in [0.29, 0.717) is 29.4 Å². The number of rotatable bonds is 4. The Morgan fingerprint density at radius 1 is 1.20 bits per heavy atom. The lowest BCUT2D eigenvalue weighted by atomic mass is 10.0. The molecule has 0 saturated carbocycles. The van der Waals surface area contributed by atoms with Gasteiger partial charge in [-0.05, 0) is 30.7 Å². The third-order valence-corrected chi connectivity index (χ3v) is 3.07. The summed E-state index contributed by atoms with van der Waals surface area (Å²) >= 11 is 0. The van der Waals surface area contributed by atoms with Crippen molar-refractivity contribution in [3.63, 3.8) is 0 Å². The van der Waals surface area contributed by atoms with Crippen LogP contribution in [-0.2, 0) is 0 Å². The summed E-state index contributed by atoms with van der Waals surface area (Å²) in [4.78, 5) is 4.08. The van der Waals surface area contributed by atoms with Crippen molar-refractivity contribution in [3.8, 4) is 17.2 Å². The van der Waals surface area contributed by atoms with E-state index < -0.39 is 6.10 Å². The van der Waals surface area contributed by atoms with Crippen molar-refractivity contribution in [1.82, 2.24) is 4.98 Å². The van der Waals surface area contributed by atoms with Crippen LogP contribution in [0.2, 0.25) is 0 Å². The van der Waals surface area contributed by atoms with Crippen LogP contribution in [0.1, 0.15) is 24.2 Å². The zero-order valence-electron chi connectivity index (χ0n) is 11.1. The van der Waals surface area contributed by atoms with Gasteiger partial charge in [0.2, 0.25) is 6.79 Å². The Morgan fingerprint density at radius 2 is 2.05 bits per heavy atom. The molecule has 1 aliphatic rings. The van der Waals surface area contributed by atoms with Crippen molar-refractivity contribution >= 4 is 0 Å². The van der Waals surface area contributed by atoms with Gasteiger partial charge in [0, 0.05) is 11.8 Å². The second kappa shape index (κ2) is 5.38. The van der Waals surface area contributed by atoms with E-state index in [-0.39, 0.29) is 6.79 Å². The number of nitrogens with zero attached hydrogens (tertiary/aromatic N) is 1. The molecule has 2 aromatic rings. The average Bonchev–Trinajstić information content (AvgIpc) is 2.94. The van der Waals surface area contributed by atoms with Gasteiger partial charge >= 0.3 is 0 Å². The fourth-order valence-corrected chi connectivity index (χ4v) is 2.11. The highest BCUT2D eigenvalue weighted by Crippen LogP contribution is 2.35. The number of benzene rings is 1. The predicted molar refractivity (Wildman–Crippen MR) is 72.0 cm³/mol. The zero-order chi connectivity index (χ0) is 13.9. The Labute approximate surface area is 116 Å². The highest BCUT2D eigenvalue weighted by molar-refractivity contribution is 5.46. The number of aromatic nitrogens is 1. The Hall–Kier alpha value is -2.27. The zero-order valence-corrected chi connectivity index (χ0v) is 11.1. The molecule has 3 rings (SSSR count). The van der Waals surface area contributed by atoms with E-state index in [9.17, 15) is 5.11 Å². The average molecular weight is 273 g/mol. The van der Waals surface area contributed by atoms with Crippen LogP contribution in [-0.4, -0.2) is 23.5 Å². The molecule has 1 N–H and O–H groups in total. The van der Waals surface area contributed by atoms with Gasteiger partial charge in [-0.2, -0.15) is 0 Å². The third kappa shape index (κ3) is 2.40. The Bertz CT molecular complexity index is 615. The minimum absolute atomic E-state index is 0.219. The summed E-state index contributed by atoms with van der Waals surface area (Å²) in [6, 6.07) is 7.17. The number of ether oxygens (including phenoxy) is 3. The standard InChI is InChI=1S/C15H15NO4/c1-2-18-12-5-11(7-16-8-12)15(17)10-3-4-13-14(6-10)20-9-19-13/h3-8,15,17H,2,9H2,1H3. The van der Waals surface area contributed by atoms with Gasteiger partial charge in [0.25, 0.3) is 0 Å². The summed E-state index contributed by atoms with van der Waals surface area (Å²) in [6.07, 6.45) is 2.47. The lowest BCUT2D eigenvalue weighted by Crippen LogP contribution is -2.01.